The number of halogens is 2. The third-order valence-electron chi connectivity index (χ3n) is 4.19. The highest BCUT2D eigenvalue weighted by Gasteiger charge is 2.29. The van der Waals surface area contributed by atoms with Crippen LogP contribution in [0.15, 0.2) is 28.8 Å². The Labute approximate surface area is 128 Å². The van der Waals surface area contributed by atoms with Crippen molar-refractivity contribution in [1.82, 2.24) is 10.1 Å². The lowest BCUT2D eigenvalue weighted by molar-refractivity contribution is 0.235. The average Bonchev–Trinajstić information content (AvgIpc) is 3.11. The molecule has 2 aromatic rings. The second-order valence-corrected chi connectivity index (χ2v) is 6.19. The van der Waals surface area contributed by atoms with E-state index in [0.717, 1.165) is 36.4 Å². The van der Waals surface area contributed by atoms with Crippen LogP contribution in [0.25, 0.3) is 0 Å². The van der Waals surface area contributed by atoms with E-state index >= 15 is 0 Å². The molecule has 0 N–H and O–H groups in total. The van der Waals surface area contributed by atoms with Crippen LogP contribution in [0, 0.1) is 11.6 Å². The van der Waals surface area contributed by atoms with E-state index in [1.54, 1.807) is 6.07 Å². The molecule has 0 spiro atoms. The molecule has 1 aliphatic rings. The highest BCUT2D eigenvalue weighted by Crippen LogP contribution is 2.33. The van der Waals surface area contributed by atoms with Crippen molar-refractivity contribution in [1.29, 1.82) is 0 Å². The molecule has 0 amide bonds. The lowest BCUT2D eigenvalue weighted by Crippen LogP contribution is -2.23. The molecule has 22 heavy (non-hydrogen) atoms. The van der Waals surface area contributed by atoms with Crippen molar-refractivity contribution in [2.75, 3.05) is 6.54 Å². The smallest absolute Gasteiger partial charge is 0.159 e. The van der Waals surface area contributed by atoms with E-state index in [4.69, 9.17) is 4.52 Å². The third-order valence-corrected chi connectivity index (χ3v) is 4.19. The van der Waals surface area contributed by atoms with E-state index in [1.807, 2.05) is 6.07 Å². The summed E-state index contributed by atoms with van der Waals surface area (Å²) in [5.41, 5.74) is 1.71. The van der Waals surface area contributed by atoms with Gasteiger partial charge in [-0.05, 0) is 37.1 Å². The van der Waals surface area contributed by atoms with Gasteiger partial charge in [-0.2, -0.15) is 0 Å². The Kier molecular flexibility index (Phi) is 4.25. The molecule has 1 atom stereocenters. The lowest BCUT2D eigenvalue weighted by Gasteiger charge is -2.22. The predicted molar refractivity (Wildman–Crippen MR) is 79.3 cm³/mol. The first-order valence-corrected chi connectivity index (χ1v) is 7.69. The van der Waals surface area contributed by atoms with Crippen molar-refractivity contribution < 1.29 is 13.3 Å². The van der Waals surface area contributed by atoms with Gasteiger partial charge in [0.25, 0.3) is 0 Å². The Hall–Kier alpha value is -1.75. The number of rotatable bonds is 4. The van der Waals surface area contributed by atoms with Gasteiger partial charge < -0.3 is 4.52 Å². The van der Waals surface area contributed by atoms with Gasteiger partial charge in [-0.1, -0.05) is 25.1 Å². The molecule has 1 aromatic heterocycles. The Morgan fingerprint density at radius 3 is 2.77 bits per heavy atom. The molecule has 3 nitrogen and oxygen atoms in total. The van der Waals surface area contributed by atoms with Crippen molar-refractivity contribution in [3.8, 4) is 0 Å². The predicted octanol–water partition coefficient (Wildman–Crippen LogP) is 4.41. The first-order valence-electron chi connectivity index (χ1n) is 7.69. The minimum Gasteiger partial charge on any atom is -0.361 e. The Balaban J connectivity index is 1.76. The van der Waals surface area contributed by atoms with Gasteiger partial charge in [0.2, 0.25) is 0 Å². The zero-order chi connectivity index (χ0) is 15.7. The van der Waals surface area contributed by atoms with Crippen molar-refractivity contribution in [2.24, 2.45) is 0 Å². The Morgan fingerprint density at radius 1 is 1.27 bits per heavy atom. The summed E-state index contributed by atoms with van der Waals surface area (Å²) in [6, 6.07) is 6.29. The molecule has 1 fully saturated rings. The summed E-state index contributed by atoms with van der Waals surface area (Å²) in [5, 5.41) is 4.19. The molecule has 2 heterocycles. The van der Waals surface area contributed by atoms with Gasteiger partial charge in [0, 0.05) is 18.5 Å². The summed E-state index contributed by atoms with van der Waals surface area (Å²) in [6.07, 6.45) is 2.08. The monoisotopic (exact) mass is 306 g/mol. The normalized spacial score (nSPS) is 19.2. The van der Waals surface area contributed by atoms with Crippen LogP contribution in [-0.4, -0.2) is 16.6 Å². The first-order chi connectivity index (χ1) is 10.5. The average molecular weight is 306 g/mol. The van der Waals surface area contributed by atoms with Gasteiger partial charge in [-0.3, -0.25) is 4.90 Å². The molecular formula is C17H20F2N2O. The summed E-state index contributed by atoms with van der Waals surface area (Å²) in [5.74, 6) is -0.409. The van der Waals surface area contributed by atoms with E-state index in [-0.39, 0.29) is 6.04 Å². The topological polar surface area (TPSA) is 29.3 Å². The number of nitrogens with zero attached hydrogens (tertiary/aromatic N) is 2. The molecule has 118 valence electrons. The second-order valence-electron chi connectivity index (χ2n) is 6.19. The molecule has 0 aliphatic carbocycles. The van der Waals surface area contributed by atoms with E-state index in [9.17, 15) is 8.78 Å². The van der Waals surface area contributed by atoms with Crippen LogP contribution in [0.4, 0.5) is 8.78 Å². The summed E-state index contributed by atoms with van der Waals surface area (Å²) < 4.78 is 31.8. The quantitative estimate of drug-likeness (QED) is 0.837. The summed E-state index contributed by atoms with van der Waals surface area (Å²) in [6.45, 7) is 5.65. The van der Waals surface area contributed by atoms with Gasteiger partial charge in [0.05, 0.1) is 6.04 Å². The molecule has 1 saturated heterocycles. The van der Waals surface area contributed by atoms with E-state index < -0.39 is 11.6 Å². The van der Waals surface area contributed by atoms with Gasteiger partial charge in [0.15, 0.2) is 11.6 Å². The zero-order valence-electron chi connectivity index (χ0n) is 12.9. The molecule has 0 bridgehead atoms. The molecule has 5 heteroatoms. The van der Waals surface area contributed by atoms with Crippen LogP contribution in [-0.2, 0) is 6.54 Å². The van der Waals surface area contributed by atoms with Gasteiger partial charge in [-0.15, -0.1) is 0 Å². The lowest BCUT2D eigenvalue weighted by atomic mass is 10.1. The van der Waals surface area contributed by atoms with Crippen LogP contribution in [0.2, 0.25) is 0 Å². The van der Waals surface area contributed by atoms with Crippen LogP contribution >= 0.6 is 0 Å². The molecular weight excluding hydrogens is 286 g/mol. The fraction of sp³-hybridized carbons (Fsp3) is 0.471. The highest BCUT2D eigenvalue weighted by atomic mass is 19.2. The van der Waals surface area contributed by atoms with Crippen molar-refractivity contribution in [3.05, 3.63) is 52.9 Å². The fourth-order valence-corrected chi connectivity index (χ4v) is 2.96. The van der Waals surface area contributed by atoms with Crippen LogP contribution < -0.4 is 0 Å². The molecule has 0 unspecified atom stereocenters. The first kappa shape index (κ1) is 15.2. The maximum atomic E-state index is 13.3. The number of hydrogen-bond donors (Lipinski definition) is 0. The van der Waals surface area contributed by atoms with Crippen molar-refractivity contribution >= 4 is 0 Å². The number of likely N-dealkylation sites (tertiary alicyclic amines) is 1. The largest absolute Gasteiger partial charge is 0.361 e. The molecule has 1 aliphatic heterocycles. The minimum atomic E-state index is -0.806. The molecule has 0 radical (unpaired) electrons. The minimum absolute atomic E-state index is 0.185. The number of hydrogen-bond acceptors (Lipinski definition) is 3. The van der Waals surface area contributed by atoms with Gasteiger partial charge in [0.1, 0.15) is 11.5 Å². The SMILES string of the molecule is CC(C)c1cc([C@@H]2CCCN2Cc2ccc(F)c(F)c2)no1. The highest BCUT2D eigenvalue weighted by molar-refractivity contribution is 5.19. The van der Waals surface area contributed by atoms with E-state index in [0.29, 0.717) is 12.5 Å². The maximum Gasteiger partial charge on any atom is 0.159 e. The second kappa shape index (κ2) is 6.16. The molecule has 3 rings (SSSR count). The fourth-order valence-electron chi connectivity index (χ4n) is 2.96. The Morgan fingerprint density at radius 2 is 2.09 bits per heavy atom. The number of aromatic nitrogens is 1. The summed E-state index contributed by atoms with van der Waals surface area (Å²) in [4.78, 5) is 2.24. The van der Waals surface area contributed by atoms with Crippen molar-refractivity contribution in [2.45, 2.75) is 45.2 Å². The number of benzene rings is 1. The van der Waals surface area contributed by atoms with Gasteiger partial charge in [-0.25, -0.2) is 8.78 Å². The van der Waals surface area contributed by atoms with Crippen LogP contribution in [0.5, 0.6) is 0 Å². The third kappa shape index (κ3) is 3.04. The standard InChI is InChI=1S/C17H20F2N2O/c1-11(2)17-9-15(20-22-17)16-4-3-7-21(16)10-12-5-6-13(18)14(19)8-12/h5-6,8-9,11,16H,3-4,7,10H2,1-2H3/t16-/m0/s1. The van der Waals surface area contributed by atoms with Gasteiger partial charge >= 0.3 is 0 Å². The van der Waals surface area contributed by atoms with Crippen LogP contribution in [0.3, 0.4) is 0 Å². The molecule has 0 saturated carbocycles. The van der Waals surface area contributed by atoms with E-state index in [1.165, 1.54) is 12.1 Å². The zero-order valence-corrected chi connectivity index (χ0v) is 12.9. The summed E-state index contributed by atoms with van der Waals surface area (Å²) >= 11 is 0. The Bertz CT molecular complexity index is 654. The van der Waals surface area contributed by atoms with E-state index in [2.05, 4.69) is 23.9 Å². The van der Waals surface area contributed by atoms with Crippen LogP contribution in [0.1, 0.15) is 55.7 Å². The maximum absolute atomic E-state index is 13.3. The molecule has 1 aromatic carbocycles. The summed E-state index contributed by atoms with van der Waals surface area (Å²) in [7, 11) is 0. The van der Waals surface area contributed by atoms with Crippen molar-refractivity contribution in [3.63, 3.8) is 0 Å².